The van der Waals surface area contributed by atoms with Gasteiger partial charge >= 0.3 is 6.03 Å². The maximum atomic E-state index is 13.5. The second kappa shape index (κ2) is 8.59. The predicted molar refractivity (Wildman–Crippen MR) is 128 cm³/mol. The summed E-state index contributed by atoms with van der Waals surface area (Å²) in [5.74, 6) is -0.0301. The third-order valence-corrected chi connectivity index (χ3v) is 9.40. The number of rotatable bonds is 7. The summed E-state index contributed by atoms with van der Waals surface area (Å²) in [6.45, 7) is 1.21. The smallest absolute Gasteiger partial charge is 0.320 e. The number of hydrogen-bond acceptors (Lipinski definition) is 5. The van der Waals surface area contributed by atoms with Crippen molar-refractivity contribution in [2.24, 2.45) is 5.41 Å². The summed E-state index contributed by atoms with van der Waals surface area (Å²) in [4.78, 5) is 19.5. The third kappa shape index (κ3) is 4.38. The van der Waals surface area contributed by atoms with Crippen molar-refractivity contribution in [1.29, 1.82) is 5.26 Å². The molecule has 1 saturated heterocycles. The first kappa shape index (κ1) is 24.0. The molecule has 1 spiro atoms. The molecule has 0 aromatic heterocycles. The van der Waals surface area contributed by atoms with E-state index in [0.717, 1.165) is 44.9 Å². The monoisotopic (exact) mass is 472 g/mol. The van der Waals surface area contributed by atoms with Crippen LogP contribution >= 0.6 is 0 Å². The van der Waals surface area contributed by atoms with Crippen LogP contribution in [0.5, 0.6) is 0 Å². The fourth-order valence-corrected chi connectivity index (χ4v) is 6.63. The zero-order valence-corrected chi connectivity index (χ0v) is 20.9. The molecule has 180 valence electrons. The van der Waals surface area contributed by atoms with Gasteiger partial charge in [0.2, 0.25) is 0 Å². The second-order valence-electron chi connectivity index (χ2n) is 10.7. The minimum Gasteiger partial charge on any atom is -0.321 e. The summed E-state index contributed by atoms with van der Waals surface area (Å²) < 4.78 is 23.6. The van der Waals surface area contributed by atoms with Crippen LogP contribution in [0.4, 0.5) is 4.79 Å². The Bertz CT molecular complexity index is 1020. The fourth-order valence-electron chi connectivity index (χ4n) is 6.08. The number of amides is 2. The lowest BCUT2D eigenvalue weighted by Gasteiger charge is -2.52. The molecule has 0 unspecified atom stereocenters. The average molecular weight is 473 g/mol. The van der Waals surface area contributed by atoms with E-state index in [1.807, 2.05) is 11.0 Å². The summed E-state index contributed by atoms with van der Waals surface area (Å²) in [6.07, 6.45) is 7.40. The van der Waals surface area contributed by atoms with Crippen molar-refractivity contribution >= 4 is 15.9 Å². The van der Waals surface area contributed by atoms with Crippen molar-refractivity contribution in [1.82, 2.24) is 14.7 Å². The van der Waals surface area contributed by atoms with Crippen LogP contribution in [0.3, 0.4) is 0 Å². The largest absolute Gasteiger partial charge is 0.321 e. The minimum atomic E-state index is -3.17. The molecule has 8 heteroatoms. The van der Waals surface area contributed by atoms with E-state index in [4.69, 9.17) is 0 Å². The molecule has 3 aliphatic rings. The van der Waals surface area contributed by atoms with Crippen molar-refractivity contribution in [3.05, 3.63) is 35.9 Å². The molecule has 33 heavy (non-hydrogen) atoms. The molecule has 7 nitrogen and oxygen atoms in total. The Labute approximate surface area is 198 Å². The van der Waals surface area contributed by atoms with Gasteiger partial charge in [-0.05, 0) is 58.2 Å². The van der Waals surface area contributed by atoms with E-state index in [9.17, 15) is 18.5 Å². The minimum absolute atomic E-state index is 0.0301. The standard InChI is InChI=1S/C25H36N4O3S/c1-27(2)25(21-8-5-4-6-9-21)14-12-24(13-15-25)20-28(16-17-33(3,31)32)22(30)29(24)19-23(18-26)10-7-11-23/h4-6,8-9H,7,10-17,19-20H2,1-3H3/t24-,25+. The van der Waals surface area contributed by atoms with Gasteiger partial charge in [0.25, 0.3) is 0 Å². The number of hydrogen-bond donors (Lipinski definition) is 0. The van der Waals surface area contributed by atoms with Crippen LogP contribution in [0.1, 0.15) is 50.5 Å². The maximum Gasteiger partial charge on any atom is 0.320 e. The zero-order chi connectivity index (χ0) is 23.9. The van der Waals surface area contributed by atoms with Crippen molar-refractivity contribution in [2.75, 3.05) is 45.7 Å². The Kier molecular flexibility index (Phi) is 6.25. The lowest BCUT2D eigenvalue weighted by Crippen LogP contribution is -2.57. The lowest BCUT2D eigenvalue weighted by atomic mass is 9.66. The van der Waals surface area contributed by atoms with E-state index >= 15 is 0 Å². The first-order valence-corrected chi connectivity index (χ1v) is 14.0. The van der Waals surface area contributed by atoms with E-state index in [0.29, 0.717) is 13.1 Å². The van der Waals surface area contributed by atoms with Gasteiger partial charge in [0.15, 0.2) is 0 Å². The highest BCUT2D eigenvalue weighted by Crippen LogP contribution is 2.51. The summed E-state index contributed by atoms with van der Waals surface area (Å²) in [7, 11) is 1.08. The molecule has 1 aromatic rings. The molecule has 1 heterocycles. The van der Waals surface area contributed by atoms with Gasteiger partial charge in [0, 0.05) is 31.4 Å². The molecular formula is C25H36N4O3S. The molecule has 0 atom stereocenters. The van der Waals surface area contributed by atoms with Gasteiger partial charge in [-0.15, -0.1) is 0 Å². The summed E-state index contributed by atoms with van der Waals surface area (Å²) in [6, 6.07) is 13.0. The molecule has 4 rings (SSSR count). The van der Waals surface area contributed by atoms with Gasteiger partial charge in [-0.3, -0.25) is 4.90 Å². The Hall–Kier alpha value is -2.11. The predicted octanol–water partition coefficient (Wildman–Crippen LogP) is 3.23. The van der Waals surface area contributed by atoms with Gasteiger partial charge in [-0.1, -0.05) is 36.8 Å². The molecule has 0 N–H and O–H groups in total. The Morgan fingerprint density at radius 2 is 1.70 bits per heavy atom. The summed E-state index contributed by atoms with van der Waals surface area (Å²) in [5, 5.41) is 9.86. The summed E-state index contributed by atoms with van der Waals surface area (Å²) >= 11 is 0. The van der Waals surface area contributed by atoms with E-state index in [1.54, 1.807) is 4.90 Å². The quantitative estimate of drug-likeness (QED) is 0.608. The molecular weight excluding hydrogens is 436 g/mol. The summed E-state index contributed by atoms with van der Waals surface area (Å²) in [5.41, 5.74) is 0.403. The highest BCUT2D eigenvalue weighted by molar-refractivity contribution is 7.90. The number of benzene rings is 1. The number of carbonyl (C=O) groups is 1. The topological polar surface area (TPSA) is 84.7 Å². The highest BCUT2D eigenvalue weighted by atomic mass is 32.2. The Morgan fingerprint density at radius 3 is 2.18 bits per heavy atom. The Balaban J connectivity index is 1.62. The molecule has 2 amide bonds. The van der Waals surface area contributed by atoms with Crippen molar-refractivity contribution in [2.45, 2.75) is 56.0 Å². The van der Waals surface area contributed by atoms with E-state index in [-0.39, 0.29) is 29.4 Å². The molecule has 2 aliphatic carbocycles. The Morgan fingerprint density at radius 1 is 1.06 bits per heavy atom. The molecule has 2 saturated carbocycles. The zero-order valence-electron chi connectivity index (χ0n) is 20.1. The number of sulfone groups is 1. The molecule has 1 aliphatic heterocycles. The molecule has 0 radical (unpaired) electrons. The van der Waals surface area contributed by atoms with Crippen LogP contribution in [0.25, 0.3) is 0 Å². The van der Waals surface area contributed by atoms with Crippen molar-refractivity contribution < 1.29 is 13.2 Å². The van der Waals surface area contributed by atoms with Crippen LogP contribution in [0, 0.1) is 16.7 Å². The van der Waals surface area contributed by atoms with Gasteiger partial charge in [0.1, 0.15) is 9.84 Å². The third-order valence-electron chi connectivity index (χ3n) is 8.47. The average Bonchev–Trinajstić information content (AvgIpc) is 3.00. The maximum absolute atomic E-state index is 13.5. The lowest BCUT2D eigenvalue weighted by molar-refractivity contribution is 0.00733. The number of carbonyl (C=O) groups excluding carboxylic acids is 1. The van der Waals surface area contributed by atoms with Crippen LogP contribution in [-0.2, 0) is 15.4 Å². The van der Waals surface area contributed by atoms with E-state index in [1.165, 1.54) is 11.8 Å². The van der Waals surface area contributed by atoms with Crippen molar-refractivity contribution in [3.8, 4) is 6.07 Å². The van der Waals surface area contributed by atoms with Gasteiger partial charge in [-0.25, -0.2) is 13.2 Å². The van der Waals surface area contributed by atoms with Crippen LogP contribution < -0.4 is 0 Å². The van der Waals surface area contributed by atoms with Gasteiger partial charge in [0.05, 0.1) is 22.8 Å². The highest BCUT2D eigenvalue weighted by Gasteiger charge is 2.56. The molecule has 0 bridgehead atoms. The van der Waals surface area contributed by atoms with Gasteiger partial charge in [-0.2, -0.15) is 5.26 Å². The normalized spacial score (nSPS) is 29.4. The van der Waals surface area contributed by atoms with Crippen molar-refractivity contribution in [3.63, 3.8) is 0 Å². The number of nitrogens with zero attached hydrogens (tertiary/aromatic N) is 4. The molecule has 1 aromatic carbocycles. The first-order valence-electron chi connectivity index (χ1n) is 11.9. The number of nitriles is 1. The first-order chi connectivity index (χ1) is 15.5. The van der Waals surface area contributed by atoms with E-state index in [2.05, 4.69) is 49.3 Å². The fraction of sp³-hybridized carbons (Fsp3) is 0.680. The second-order valence-corrected chi connectivity index (χ2v) is 12.9. The van der Waals surface area contributed by atoms with Crippen LogP contribution in [-0.4, -0.2) is 80.4 Å². The number of urea groups is 1. The van der Waals surface area contributed by atoms with E-state index < -0.39 is 15.3 Å². The SMILES string of the molecule is CN(C)[C@]1(c2ccccc2)CC[C@]2(CC1)CN(CCS(C)(=O)=O)C(=O)N2CC1(C#N)CCC1. The van der Waals surface area contributed by atoms with Gasteiger partial charge < -0.3 is 9.80 Å². The van der Waals surface area contributed by atoms with Crippen LogP contribution in [0.2, 0.25) is 0 Å². The molecule has 3 fully saturated rings. The van der Waals surface area contributed by atoms with Crippen LogP contribution in [0.15, 0.2) is 30.3 Å².